The zero-order valence-corrected chi connectivity index (χ0v) is 12.7. The molecule has 0 bridgehead atoms. The predicted octanol–water partition coefficient (Wildman–Crippen LogP) is 3.05. The van der Waals surface area contributed by atoms with Crippen molar-refractivity contribution in [3.63, 3.8) is 0 Å². The normalized spacial score (nSPS) is 31.2. The molecule has 1 N–H and O–H groups in total. The van der Waals surface area contributed by atoms with Gasteiger partial charge in [-0.05, 0) is 36.6 Å². The predicted molar refractivity (Wildman–Crippen MR) is 78.8 cm³/mol. The molecule has 0 aromatic carbocycles. The minimum atomic E-state index is 0.363. The van der Waals surface area contributed by atoms with Crippen molar-refractivity contribution in [1.82, 2.24) is 10.2 Å². The van der Waals surface area contributed by atoms with Gasteiger partial charge in [-0.25, -0.2) is 0 Å². The number of nitrogens with zero attached hydrogens (tertiary/aromatic N) is 1. The van der Waals surface area contributed by atoms with Gasteiger partial charge in [0.15, 0.2) is 0 Å². The second kappa shape index (κ2) is 5.34. The summed E-state index contributed by atoms with van der Waals surface area (Å²) in [6.45, 7) is 15.5. The van der Waals surface area contributed by atoms with E-state index in [1.165, 1.54) is 45.4 Å². The van der Waals surface area contributed by atoms with Crippen molar-refractivity contribution < 1.29 is 0 Å². The maximum Gasteiger partial charge on any atom is 0.0166 e. The first-order valence-electron chi connectivity index (χ1n) is 7.52. The minimum absolute atomic E-state index is 0.363. The Morgan fingerprint density at radius 2 is 2.17 bits per heavy atom. The Kier molecular flexibility index (Phi) is 4.18. The van der Waals surface area contributed by atoms with Gasteiger partial charge in [0.05, 0.1) is 0 Å². The lowest BCUT2D eigenvalue weighted by Gasteiger charge is -2.40. The van der Waals surface area contributed by atoms with Crippen molar-refractivity contribution in [1.29, 1.82) is 0 Å². The molecule has 0 saturated carbocycles. The van der Waals surface area contributed by atoms with Crippen molar-refractivity contribution in [2.45, 2.75) is 47.0 Å². The first-order valence-corrected chi connectivity index (χ1v) is 7.52. The fraction of sp³-hybridized carbons (Fsp3) is 0.875. The third-order valence-corrected chi connectivity index (χ3v) is 4.55. The maximum atomic E-state index is 3.56. The zero-order chi connectivity index (χ0) is 13.2. The van der Waals surface area contributed by atoms with Gasteiger partial charge in [0, 0.05) is 26.2 Å². The Bertz CT molecular complexity index is 306. The van der Waals surface area contributed by atoms with Crippen LogP contribution in [0.5, 0.6) is 0 Å². The molecule has 104 valence electrons. The van der Waals surface area contributed by atoms with E-state index in [0.29, 0.717) is 10.8 Å². The lowest BCUT2D eigenvalue weighted by molar-refractivity contribution is 0.137. The second-order valence-electron chi connectivity index (χ2n) is 7.56. The molecule has 0 radical (unpaired) electrons. The van der Waals surface area contributed by atoms with Gasteiger partial charge in [0.2, 0.25) is 0 Å². The largest absolute Gasteiger partial charge is 0.316 e. The molecule has 2 aliphatic heterocycles. The number of hydrogen-bond acceptors (Lipinski definition) is 2. The molecule has 2 heterocycles. The highest BCUT2D eigenvalue weighted by Crippen LogP contribution is 2.32. The molecule has 18 heavy (non-hydrogen) atoms. The summed E-state index contributed by atoms with van der Waals surface area (Å²) in [4.78, 5) is 2.64. The van der Waals surface area contributed by atoms with E-state index in [1.54, 1.807) is 5.57 Å². The molecule has 2 rings (SSSR count). The topological polar surface area (TPSA) is 15.3 Å². The summed E-state index contributed by atoms with van der Waals surface area (Å²) in [5, 5.41) is 3.56. The van der Waals surface area contributed by atoms with Crippen LogP contribution < -0.4 is 5.32 Å². The van der Waals surface area contributed by atoms with Crippen LogP contribution in [0.2, 0.25) is 0 Å². The molecule has 1 unspecified atom stereocenters. The molecule has 2 heteroatoms. The monoisotopic (exact) mass is 250 g/mol. The van der Waals surface area contributed by atoms with Crippen LogP contribution in [-0.2, 0) is 0 Å². The van der Waals surface area contributed by atoms with Crippen molar-refractivity contribution in [3.8, 4) is 0 Å². The number of hydrogen-bond donors (Lipinski definition) is 1. The maximum absolute atomic E-state index is 3.56. The quantitative estimate of drug-likeness (QED) is 0.758. The van der Waals surface area contributed by atoms with Gasteiger partial charge in [0.1, 0.15) is 0 Å². The van der Waals surface area contributed by atoms with E-state index in [9.17, 15) is 0 Å². The summed E-state index contributed by atoms with van der Waals surface area (Å²) in [6, 6.07) is 0. The molecular formula is C16H30N2. The van der Waals surface area contributed by atoms with Gasteiger partial charge in [-0.2, -0.15) is 0 Å². The Morgan fingerprint density at radius 1 is 1.39 bits per heavy atom. The Labute approximate surface area is 113 Å². The summed E-state index contributed by atoms with van der Waals surface area (Å²) < 4.78 is 0. The molecule has 0 spiro atoms. The Balaban J connectivity index is 1.88. The molecule has 1 atom stereocenters. The van der Waals surface area contributed by atoms with Crippen molar-refractivity contribution in [2.24, 2.45) is 10.8 Å². The van der Waals surface area contributed by atoms with E-state index in [1.807, 2.05) is 0 Å². The lowest BCUT2D eigenvalue weighted by Crippen LogP contribution is -2.47. The van der Waals surface area contributed by atoms with E-state index in [0.717, 1.165) is 6.54 Å². The van der Waals surface area contributed by atoms with Crippen LogP contribution in [0.3, 0.4) is 0 Å². The smallest absolute Gasteiger partial charge is 0.0166 e. The van der Waals surface area contributed by atoms with E-state index in [-0.39, 0.29) is 0 Å². The van der Waals surface area contributed by atoms with Crippen LogP contribution in [0, 0.1) is 10.8 Å². The highest BCUT2D eigenvalue weighted by molar-refractivity contribution is 5.14. The fourth-order valence-corrected chi connectivity index (χ4v) is 3.33. The molecule has 0 aromatic heterocycles. The Hall–Kier alpha value is -0.340. The van der Waals surface area contributed by atoms with Gasteiger partial charge < -0.3 is 5.32 Å². The molecule has 0 amide bonds. The first-order chi connectivity index (χ1) is 8.39. The van der Waals surface area contributed by atoms with E-state index in [2.05, 4.69) is 44.0 Å². The molecule has 0 aliphatic carbocycles. The molecular weight excluding hydrogens is 220 g/mol. The highest BCUT2D eigenvalue weighted by Gasteiger charge is 2.30. The van der Waals surface area contributed by atoms with Crippen LogP contribution in [0.4, 0.5) is 0 Å². The van der Waals surface area contributed by atoms with Crippen molar-refractivity contribution in [3.05, 3.63) is 11.6 Å². The van der Waals surface area contributed by atoms with Crippen molar-refractivity contribution >= 4 is 0 Å². The standard InChI is InChI=1S/C16H30N2/c1-15(2,3)14-6-10-18(11-7-14)13-16(4)8-5-9-17-12-16/h6,17H,5,7-13H2,1-4H3. The summed E-state index contributed by atoms with van der Waals surface area (Å²) in [6.07, 6.45) is 6.45. The second-order valence-corrected chi connectivity index (χ2v) is 7.56. The van der Waals surface area contributed by atoms with Gasteiger partial charge in [-0.15, -0.1) is 0 Å². The van der Waals surface area contributed by atoms with Gasteiger partial charge in [0.25, 0.3) is 0 Å². The van der Waals surface area contributed by atoms with Crippen molar-refractivity contribution in [2.75, 3.05) is 32.7 Å². The Morgan fingerprint density at radius 3 is 2.67 bits per heavy atom. The average Bonchev–Trinajstić information content (AvgIpc) is 2.29. The first kappa shape index (κ1) is 14.1. The highest BCUT2D eigenvalue weighted by atomic mass is 15.1. The zero-order valence-electron chi connectivity index (χ0n) is 12.7. The van der Waals surface area contributed by atoms with Crippen LogP contribution in [0.25, 0.3) is 0 Å². The van der Waals surface area contributed by atoms with Gasteiger partial charge in [-0.3, -0.25) is 4.90 Å². The summed E-state index contributed by atoms with van der Waals surface area (Å²) in [5.41, 5.74) is 2.50. The summed E-state index contributed by atoms with van der Waals surface area (Å²) in [7, 11) is 0. The van der Waals surface area contributed by atoms with Crippen LogP contribution in [-0.4, -0.2) is 37.6 Å². The molecule has 2 aliphatic rings. The number of nitrogens with one attached hydrogen (secondary N) is 1. The summed E-state index contributed by atoms with van der Waals surface area (Å²) >= 11 is 0. The molecule has 0 aromatic rings. The van der Waals surface area contributed by atoms with Gasteiger partial charge in [-0.1, -0.05) is 39.3 Å². The van der Waals surface area contributed by atoms with E-state index >= 15 is 0 Å². The minimum Gasteiger partial charge on any atom is -0.316 e. The average molecular weight is 250 g/mol. The molecule has 1 saturated heterocycles. The third kappa shape index (κ3) is 3.58. The van der Waals surface area contributed by atoms with Crippen LogP contribution in [0.15, 0.2) is 11.6 Å². The molecule has 2 nitrogen and oxygen atoms in total. The summed E-state index contributed by atoms with van der Waals surface area (Å²) in [5.74, 6) is 0. The number of piperidine rings is 1. The van der Waals surface area contributed by atoms with Crippen LogP contribution in [0.1, 0.15) is 47.0 Å². The van der Waals surface area contributed by atoms with E-state index < -0.39 is 0 Å². The lowest BCUT2D eigenvalue weighted by atomic mass is 9.80. The number of rotatable bonds is 2. The fourth-order valence-electron chi connectivity index (χ4n) is 3.33. The van der Waals surface area contributed by atoms with Crippen LogP contribution >= 0.6 is 0 Å². The van der Waals surface area contributed by atoms with Gasteiger partial charge >= 0.3 is 0 Å². The SMILES string of the molecule is CC1(CN2CC=C(C(C)(C)C)CC2)CCCNC1. The molecule has 1 fully saturated rings. The van der Waals surface area contributed by atoms with E-state index in [4.69, 9.17) is 0 Å². The third-order valence-electron chi connectivity index (χ3n) is 4.55.